The first-order valence-corrected chi connectivity index (χ1v) is 10.1. The maximum Gasteiger partial charge on any atom is 0.224 e. The van der Waals surface area contributed by atoms with E-state index < -0.39 is 5.60 Å². The molecule has 2 atom stereocenters. The van der Waals surface area contributed by atoms with E-state index in [1.54, 1.807) is 7.11 Å². The molecule has 28 heavy (non-hydrogen) atoms. The van der Waals surface area contributed by atoms with Gasteiger partial charge in [0, 0.05) is 63.5 Å². The van der Waals surface area contributed by atoms with E-state index in [1.165, 1.54) is 6.42 Å². The molecule has 4 rings (SSSR count). The van der Waals surface area contributed by atoms with Gasteiger partial charge in [-0.1, -0.05) is 18.6 Å². The highest BCUT2D eigenvalue weighted by molar-refractivity contribution is 5.33. The van der Waals surface area contributed by atoms with Crippen molar-refractivity contribution < 1.29 is 9.84 Å². The summed E-state index contributed by atoms with van der Waals surface area (Å²) in [7, 11) is 5.56. The topological polar surface area (TPSA) is 61.7 Å². The molecule has 1 N–H and O–H groups in total. The lowest BCUT2D eigenvalue weighted by Gasteiger charge is -2.53. The number of anilines is 1. The van der Waals surface area contributed by atoms with Crippen LogP contribution in [0.1, 0.15) is 30.4 Å². The number of methoxy groups -OCH3 is 1. The fraction of sp³-hybridized carbons (Fsp3) is 0.545. The van der Waals surface area contributed by atoms with Gasteiger partial charge in [0.15, 0.2) is 0 Å². The number of hydrogen-bond donors (Lipinski definition) is 1. The molecule has 1 saturated heterocycles. The van der Waals surface area contributed by atoms with Crippen molar-refractivity contribution in [3.8, 4) is 5.75 Å². The number of fused-ring (bicyclic) bond motifs is 2. The third kappa shape index (κ3) is 3.47. The Bertz CT molecular complexity index is 777. The van der Waals surface area contributed by atoms with Gasteiger partial charge < -0.3 is 14.7 Å². The second-order valence-electron chi connectivity index (χ2n) is 8.36. The third-order valence-corrected chi connectivity index (χ3v) is 6.36. The van der Waals surface area contributed by atoms with Crippen LogP contribution in [0.2, 0.25) is 0 Å². The van der Waals surface area contributed by atoms with Crippen molar-refractivity contribution in [1.29, 1.82) is 0 Å². The zero-order valence-electron chi connectivity index (χ0n) is 17.0. The first-order chi connectivity index (χ1) is 13.5. The van der Waals surface area contributed by atoms with Crippen molar-refractivity contribution in [2.75, 3.05) is 39.2 Å². The summed E-state index contributed by atoms with van der Waals surface area (Å²) in [4.78, 5) is 13.2. The molecule has 1 aliphatic carbocycles. The summed E-state index contributed by atoms with van der Waals surface area (Å²) in [6.45, 7) is 2.63. The molecule has 0 radical (unpaired) electrons. The van der Waals surface area contributed by atoms with E-state index in [-0.39, 0.29) is 11.8 Å². The van der Waals surface area contributed by atoms with E-state index >= 15 is 0 Å². The molecule has 2 aliphatic rings. The smallest absolute Gasteiger partial charge is 0.224 e. The maximum atomic E-state index is 11.8. The van der Waals surface area contributed by atoms with Crippen molar-refractivity contribution in [2.45, 2.75) is 31.4 Å². The second-order valence-corrected chi connectivity index (χ2v) is 8.36. The lowest BCUT2D eigenvalue weighted by molar-refractivity contribution is -0.148. The van der Waals surface area contributed by atoms with Crippen LogP contribution in [0.3, 0.4) is 0 Å². The number of piperidine rings is 1. The minimum Gasteiger partial charge on any atom is -0.497 e. The molecule has 0 unspecified atom stereocenters. The quantitative estimate of drug-likeness (QED) is 0.858. The molecule has 1 aliphatic heterocycles. The summed E-state index contributed by atoms with van der Waals surface area (Å²) in [5.41, 5.74) is 1.41. The molecule has 150 valence electrons. The van der Waals surface area contributed by atoms with Gasteiger partial charge in [-0.2, -0.15) is 0 Å². The Kier molecular flexibility index (Phi) is 5.25. The number of rotatable bonds is 5. The average Bonchev–Trinajstić information content (AvgIpc) is 2.69. The molecule has 1 aromatic heterocycles. The summed E-state index contributed by atoms with van der Waals surface area (Å²) >= 11 is 0. The van der Waals surface area contributed by atoms with Gasteiger partial charge in [0.05, 0.1) is 12.7 Å². The van der Waals surface area contributed by atoms with E-state index in [2.05, 4.69) is 14.9 Å². The van der Waals surface area contributed by atoms with Crippen LogP contribution in [0.5, 0.6) is 5.75 Å². The number of aromatic nitrogens is 2. The van der Waals surface area contributed by atoms with Crippen molar-refractivity contribution in [3.63, 3.8) is 0 Å². The normalized spacial score (nSPS) is 27.4. The Balaban J connectivity index is 1.51. The Morgan fingerprint density at radius 2 is 1.71 bits per heavy atom. The summed E-state index contributed by atoms with van der Waals surface area (Å²) in [6.07, 6.45) is 7.16. The molecule has 1 saturated carbocycles. The summed E-state index contributed by atoms with van der Waals surface area (Å²) < 4.78 is 5.29. The van der Waals surface area contributed by atoms with E-state index in [4.69, 9.17) is 4.74 Å². The Labute approximate surface area is 167 Å². The minimum absolute atomic E-state index is 0.246. The molecule has 2 aromatic rings. The third-order valence-electron chi connectivity index (χ3n) is 6.36. The Morgan fingerprint density at radius 3 is 2.25 bits per heavy atom. The SMILES string of the molecule is COc1ccc(C2(O)[C@@H]3CCC[C@@H]2CN(Cc2cnc(N(C)C)nc2)C3)cc1. The number of ether oxygens (including phenoxy) is 1. The summed E-state index contributed by atoms with van der Waals surface area (Å²) in [5, 5.41) is 11.8. The molecule has 2 fully saturated rings. The van der Waals surface area contributed by atoms with Crippen LogP contribution in [0, 0.1) is 11.8 Å². The lowest BCUT2D eigenvalue weighted by atomic mass is 9.62. The van der Waals surface area contributed by atoms with Crippen LogP contribution < -0.4 is 9.64 Å². The van der Waals surface area contributed by atoms with Gasteiger partial charge in [0.2, 0.25) is 5.95 Å². The second kappa shape index (κ2) is 7.68. The number of nitrogens with zero attached hydrogens (tertiary/aromatic N) is 4. The predicted molar refractivity (Wildman–Crippen MR) is 109 cm³/mol. The van der Waals surface area contributed by atoms with Gasteiger partial charge in [-0.15, -0.1) is 0 Å². The minimum atomic E-state index is -0.744. The highest BCUT2D eigenvalue weighted by atomic mass is 16.5. The van der Waals surface area contributed by atoms with Gasteiger partial charge in [0.25, 0.3) is 0 Å². The fourth-order valence-corrected chi connectivity index (χ4v) is 4.92. The van der Waals surface area contributed by atoms with Crippen molar-refractivity contribution >= 4 is 5.95 Å². The van der Waals surface area contributed by atoms with Crippen molar-refractivity contribution in [3.05, 3.63) is 47.8 Å². The number of aliphatic hydroxyl groups is 1. The standard InChI is InChI=1S/C22H30N4O2/c1-25(2)21-23-11-16(12-24-21)13-26-14-18-5-4-6-19(15-26)22(18,27)17-7-9-20(28-3)10-8-17/h7-12,18-19,27H,4-6,13-15H2,1-3H3/t18-,19-/m1/s1. The van der Waals surface area contributed by atoms with Gasteiger partial charge in [0.1, 0.15) is 5.75 Å². The largest absolute Gasteiger partial charge is 0.497 e. The van der Waals surface area contributed by atoms with E-state index in [1.807, 2.05) is 55.7 Å². The van der Waals surface area contributed by atoms with Crippen molar-refractivity contribution in [1.82, 2.24) is 14.9 Å². The first kappa shape index (κ1) is 19.2. The van der Waals surface area contributed by atoms with Crippen LogP contribution in [-0.2, 0) is 12.1 Å². The molecule has 0 spiro atoms. The molecule has 6 heteroatoms. The molecule has 1 aromatic carbocycles. The average molecular weight is 383 g/mol. The van der Waals surface area contributed by atoms with Crippen LogP contribution in [-0.4, -0.2) is 54.3 Å². The summed E-state index contributed by atoms with van der Waals surface area (Å²) in [6, 6.07) is 7.99. The monoisotopic (exact) mass is 382 g/mol. The summed E-state index contributed by atoms with van der Waals surface area (Å²) in [5.74, 6) is 2.05. The molecule has 2 heterocycles. The van der Waals surface area contributed by atoms with E-state index in [9.17, 15) is 5.11 Å². The van der Waals surface area contributed by atoms with Crippen LogP contribution in [0.25, 0.3) is 0 Å². The molecular formula is C22H30N4O2. The van der Waals surface area contributed by atoms with Gasteiger partial charge in [-0.25, -0.2) is 9.97 Å². The van der Waals surface area contributed by atoms with E-state index in [0.29, 0.717) is 0 Å². The fourth-order valence-electron chi connectivity index (χ4n) is 4.92. The van der Waals surface area contributed by atoms with Gasteiger partial charge >= 0.3 is 0 Å². The molecular weight excluding hydrogens is 352 g/mol. The zero-order chi connectivity index (χ0) is 19.7. The zero-order valence-corrected chi connectivity index (χ0v) is 17.0. The van der Waals surface area contributed by atoms with Crippen molar-refractivity contribution in [2.24, 2.45) is 11.8 Å². The number of benzene rings is 1. The lowest BCUT2D eigenvalue weighted by Crippen LogP contribution is -2.57. The first-order valence-electron chi connectivity index (χ1n) is 10.1. The van der Waals surface area contributed by atoms with Gasteiger partial charge in [-0.3, -0.25) is 4.90 Å². The highest BCUT2D eigenvalue weighted by Crippen LogP contribution is 2.49. The highest BCUT2D eigenvalue weighted by Gasteiger charge is 2.51. The van der Waals surface area contributed by atoms with Crippen LogP contribution in [0.4, 0.5) is 5.95 Å². The number of likely N-dealkylation sites (tertiary alicyclic amines) is 1. The van der Waals surface area contributed by atoms with Crippen LogP contribution >= 0.6 is 0 Å². The number of hydrogen-bond acceptors (Lipinski definition) is 6. The molecule has 6 nitrogen and oxygen atoms in total. The molecule has 0 amide bonds. The van der Waals surface area contributed by atoms with Crippen LogP contribution in [0.15, 0.2) is 36.7 Å². The Morgan fingerprint density at radius 1 is 1.11 bits per heavy atom. The molecule has 2 bridgehead atoms. The Hall–Kier alpha value is -2.18. The maximum absolute atomic E-state index is 11.8. The van der Waals surface area contributed by atoms with Gasteiger partial charge in [-0.05, 0) is 30.5 Å². The predicted octanol–water partition coefficient (Wildman–Crippen LogP) is 2.67. The van der Waals surface area contributed by atoms with E-state index in [0.717, 1.165) is 55.3 Å².